The first-order valence-corrected chi connectivity index (χ1v) is 15.0. The number of anilines is 1. The van der Waals surface area contributed by atoms with Gasteiger partial charge in [-0.05, 0) is 48.4 Å². The van der Waals surface area contributed by atoms with Crippen molar-refractivity contribution in [1.82, 2.24) is 10.2 Å². The van der Waals surface area contributed by atoms with Gasteiger partial charge in [-0.1, -0.05) is 77.2 Å². The summed E-state index contributed by atoms with van der Waals surface area (Å²) in [4.78, 5) is 28.7. The fraction of sp³-hybridized carbons (Fsp3) is 0.133. The van der Waals surface area contributed by atoms with E-state index < -0.39 is 23.5 Å². The predicted octanol–water partition coefficient (Wildman–Crippen LogP) is 7.12. The zero-order valence-corrected chi connectivity index (χ0v) is 24.4. The minimum Gasteiger partial charge on any atom is -0.504 e. The third-order valence-corrected chi connectivity index (χ3v) is 9.09. The van der Waals surface area contributed by atoms with Crippen LogP contribution in [0.3, 0.4) is 0 Å². The van der Waals surface area contributed by atoms with Gasteiger partial charge in [0.2, 0.25) is 10.9 Å². The zero-order valence-electron chi connectivity index (χ0n) is 22.0. The molecule has 12 heteroatoms. The molecule has 0 fully saturated rings. The number of rotatable bonds is 9. The lowest BCUT2D eigenvalue weighted by molar-refractivity contribution is -0.117. The molecule has 5 aromatic rings. The van der Waals surface area contributed by atoms with E-state index in [1.807, 2.05) is 24.3 Å². The topological polar surface area (TPSA) is 126 Å². The molecule has 3 aromatic carbocycles. The monoisotopic (exact) mass is 619 g/mol. The number of halogens is 1. The number of thioether (sulfide) groups is 1. The average molecular weight is 620 g/mol. The van der Waals surface area contributed by atoms with Crippen molar-refractivity contribution < 1.29 is 29.0 Å². The quantitative estimate of drug-likeness (QED) is 0.101. The number of aliphatic hydroxyl groups is 1. The van der Waals surface area contributed by atoms with Crippen LogP contribution in [0, 0.1) is 0 Å². The van der Waals surface area contributed by atoms with Crippen LogP contribution in [0.2, 0.25) is 5.02 Å². The number of carbonyl (C=O) groups is 2. The van der Waals surface area contributed by atoms with E-state index >= 15 is 0 Å². The number of aromatic hydroxyl groups is 1. The summed E-state index contributed by atoms with van der Waals surface area (Å²) >= 11 is 8.83. The van der Waals surface area contributed by atoms with E-state index in [1.54, 1.807) is 43.3 Å². The largest absolute Gasteiger partial charge is 0.504 e. The fourth-order valence-corrected chi connectivity index (χ4v) is 6.81. The molecule has 0 bridgehead atoms. The number of ether oxygens (including phenoxy) is 1. The molecular formula is C30H22ClN3O6S2. The van der Waals surface area contributed by atoms with Gasteiger partial charge in [-0.3, -0.25) is 14.5 Å². The van der Waals surface area contributed by atoms with Crippen LogP contribution in [-0.2, 0) is 10.5 Å². The summed E-state index contributed by atoms with van der Waals surface area (Å²) in [6.45, 7) is 2.04. The highest BCUT2D eigenvalue weighted by molar-refractivity contribution is 8.00. The Labute approximate surface area is 253 Å². The Kier molecular flexibility index (Phi) is 7.63. The normalized spacial score (nSPS) is 15.1. The lowest BCUT2D eigenvalue weighted by atomic mass is 9.95. The molecule has 3 heterocycles. The van der Waals surface area contributed by atoms with Crippen molar-refractivity contribution in [3.05, 3.63) is 106 Å². The number of hydrogen-bond acceptors (Lipinski definition) is 10. The van der Waals surface area contributed by atoms with Gasteiger partial charge in [0.05, 0.1) is 18.2 Å². The van der Waals surface area contributed by atoms with Crippen molar-refractivity contribution in [2.24, 2.45) is 0 Å². The smallest absolute Gasteiger partial charge is 0.296 e. The van der Waals surface area contributed by atoms with Crippen molar-refractivity contribution >= 4 is 62.5 Å². The number of benzene rings is 3. The Balaban J connectivity index is 1.40. The first-order valence-electron chi connectivity index (χ1n) is 12.8. The molecule has 1 unspecified atom stereocenters. The molecule has 212 valence electrons. The molecule has 0 saturated carbocycles. The van der Waals surface area contributed by atoms with Crippen LogP contribution in [-0.4, -0.2) is 38.7 Å². The highest BCUT2D eigenvalue weighted by atomic mass is 35.5. The van der Waals surface area contributed by atoms with Gasteiger partial charge in [0.25, 0.3) is 5.91 Å². The highest BCUT2D eigenvalue weighted by Gasteiger charge is 2.47. The van der Waals surface area contributed by atoms with Crippen molar-refractivity contribution in [3.63, 3.8) is 0 Å². The Hall–Kier alpha value is -4.32. The lowest BCUT2D eigenvalue weighted by Crippen LogP contribution is -2.31. The van der Waals surface area contributed by atoms with Crippen molar-refractivity contribution in [3.8, 4) is 11.5 Å². The van der Waals surface area contributed by atoms with E-state index in [4.69, 9.17) is 20.8 Å². The fourth-order valence-electron chi connectivity index (χ4n) is 4.66. The summed E-state index contributed by atoms with van der Waals surface area (Å²) in [6, 6.07) is 19.5. The zero-order chi connectivity index (χ0) is 29.4. The second kappa shape index (κ2) is 11.5. The van der Waals surface area contributed by atoms with Gasteiger partial charge in [-0.15, -0.1) is 10.2 Å². The maximum absolute atomic E-state index is 13.9. The van der Waals surface area contributed by atoms with Crippen LogP contribution < -0.4 is 9.64 Å². The molecule has 0 radical (unpaired) electrons. The minimum absolute atomic E-state index is 0.0329. The second-order valence-electron chi connectivity index (χ2n) is 9.21. The number of carbonyl (C=O) groups excluding carboxylic acids is 2. The van der Waals surface area contributed by atoms with Crippen LogP contribution in [0.5, 0.6) is 11.5 Å². The van der Waals surface area contributed by atoms with Crippen LogP contribution in [0.4, 0.5) is 5.13 Å². The summed E-state index contributed by atoms with van der Waals surface area (Å²) in [6.07, 6.45) is 0. The van der Waals surface area contributed by atoms with Gasteiger partial charge < -0.3 is 19.4 Å². The van der Waals surface area contributed by atoms with Gasteiger partial charge >= 0.3 is 0 Å². The predicted molar refractivity (Wildman–Crippen MR) is 161 cm³/mol. The number of ketones is 1. The van der Waals surface area contributed by atoms with Crippen molar-refractivity contribution in [1.29, 1.82) is 0 Å². The molecule has 2 N–H and O–H groups in total. The Bertz CT molecular complexity index is 1830. The number of para-hydroxylation sites is 1. The van der Waals surface area contributed by atoms with E-state index in [-0.39, 0.29) is 34.6 Å². The Morgan fingerprint density at radius 2 is 1.88 bits per heavy atom. The molecule has 1 aliphatic rings. The van der Waals surface area contributed by atoms with Gasteiger partial charge in [0.1, 0.15) is 5.58 Å². The number of fused-ring (bicyclic) bond motifs is 1. The van der Waals surface area contributed by atoms with Crippen LogP contribution in [0.25, 0.3) is 11.0 Å². The third kappa shape index (κ3) is 5.11. The molecular weight excluding hydrogens is 598 g/mol. The minimum atomic E-state index is -1.10. The number of furan rings is 1. The molecule has 1 atom stereocenters. The van der Waals surface area contributed by atoms with E-state index in [9.17, 15) is 19.8 Å². The van der Waals surface area contributed by atoms with Gasteiger partial charge in [-0.2, -0.15) is 0 Å². The number of aliphatic hydroxyl groups excluding tert-OH is 1. The summed E-state index contributed by atoms with van der Waals surface area (Å²) < 4.78 is 11.9. The van der Waals surface area contributed by atoms with Crippen LogP contribution in [0.1, 0.15) is 34.6 Å². The first kappa shape index (κ1) is 27.8. The molecule has 42 heavy (non-hydrogen) atoms. The number of Topliss-reactive ketones (excluding diaryl/α,β-unsaturated/α-hetero) is 1. The summed E-state index contributed by atoms with van der Waals surface area (Å²) in [5, 5.41) is 31.4. The number of phenols is 1. The molecule has 0 saturated heterocycles. The standard InChI is InChI=1S/C30H22ClN3O6S2/c1-2-39-22-14-17(11-12-20(22)35)25-24(26(36)23-13-16-7-4-6-10-21(16)40-23)27(37)28(38)34(25)29-32-33-30(42-29)41-15-18-8-3-5-9-19(18)31/h3-14,25,35,37H,2,15H2,1H3. The molecule has 9 nitrogen and oxygen atoms in total. The van der Waals surface area contributed by atoms with Crippen LogP contribution >= 0.6 is 34.7 Å². The summed E-state index contributed by atoms with van der Waals surface area (Å²) in [7, 11) is 0. The Morgan fingerprint density at radius 3 is 2.67 bits per heavy atom. The second-order valence-corrected chi connectivity index (χ2v) is 11.8. The van der Waals surface area contributed by atoms with Crippen molar-refractivity contribution in [2.45, 2.75) is 23.1 Å². The first-order chi connectivity index (χ1) is 20.4. The third-order valence-electron chi connectivity index (χ3n) is 6.61. The maximum atomic E-state index is 13.9. The van der Waals surface area contributed by atoms with E-state index in [1.165, 1.54) is 28.8 Å². The number of aromatic nitrogens is 2. The van der Waals surface area contributed by atoms with Gasteiger partial charge in [0.15, 0.2) is 27.4 Å². The van der Waals surface area contributed by atoms with E-state index in [2.05, 4.69) is 10.2 Å². The SMILES string of the molecule is CCOc1cc(C2C(C(=O)c3cc4ccccc4o3)=C(O)C(=O)N2c2nnc(SCc3ccccc3Cl)s2)ccc1O. The maximum Gasteiger partial charge on any atom is 0.296 e. The summed E-state index contributed by atoms with van der Waals surface area (Å²) in [5.41, 5.74) is 1.63. The highest BCUT2D eigenvalue weighted by Crippen LogP contribution is 2.45. The van der Waals surface area contributed by atoms with E-state index in [0.29, 0.717) is 31.6 Å². The van der Waals surface area contributed by atoms with E-state index in [0.717, 1.165) is 16.9 Å². The number of nitrogens with zero attached hydrogens (tertiary/aromatic N) is 3. The Morgan fingerprint density at radius 1 is 1.10 bits per heavy atom. The molecule has 0 aliphatic carbocycles. The van der Waals surface area contributed by atoms with Gasteiger partial charge in [0, 0.05) is 16.2 Å². The average Bonchev–Trinajstić information content (AvgIpc) is 3.70. The molecule has 0 spiro atoms. The molecule has 6 rings (SSSR count). The number of phenolic OH excluding ortho intramolecular Hbond substituents is 1. The van der Waals surface area contributed by atoms with Gasteiger partial charge in [-0.25, -0.2) is 0 Å². The summed E-state index contributed by atoms with van der Waals surface area (Å²) in [5.74, 6) is -1.65. The number of hydrogen-bond donors (Lipinski definition) is 2. The molecule has 1 aliphatic heterocycles. The lowest BCUT2D eigenvalue weighted by Gasteiger charge is -2.24. The number of amides is 1. The van der Waals surface area contributed by atoms with Crippen molar-refractivity contribution in [2.75, 3.05) is 11.5 Å². The molecule has 2 aromatic heterocycles. The van der Waals surface area contributed by atoms with Crippen LogP contribution in [0.15, 0.2) is 92.9 Å². The molecule has 1 amide bonds.